The minimum Gasteiger partial charge on any atom is -0.457 e. The van der Waals surface area contributed by atoms with Crippen molar-refractivity contribution < 1.29 is 22.9 Å². The number of anilines is 4. The topological polar surface area (TPSA) is 46.7 Å². The van der Waals surface area contributed by atoms with E-state index >= 15 is 0 Å². The van der Waals surface area contributed by atoms with Crippen LogP contribution >= 0.6 is 0 Å². The van der Waals surface area contributed by atoms with Crippen molar-refractivity contribution >= 4 is 66.5 Å². The molecule has 11 aromatic rings. The van der Waals surface area contributed by atoms with Gasteiger partial charge >= 0.3 is 0 Å². The van der Waals surface area contributed by atoms with E-state index in [-0.39, 0.29) is 66.8 Å². The van der Waals surface area contributed by atoms with Crippen LogP contribution in [0, 0.1) is 6.85 Å². The van der Waals surface area contributed by atoms with Crippen LogP contribution in [0.25, 0.3) is 71.8 Å². The number of pyridine rings is 1. The van der Waals surface area contributed by atoms with E-state index in [1.54, 1.807) is 18.3 Å². The minimum atomic E-state index is -2.55. The summed E-state index contributed by atoms with van der Waals surface area (Å²) in [4.78, 5) is 9.80. The van der Waals surface area contributed by atoms with Crippen molar-refractivity contribution in [1.29, 1.82) is 0 Å². The van der Waals surface area contributed by atoms with Crippen LogP contribution in [0.15, 0.2) is 180 Å². The number of hydrogen-bond donors (Lipinski definition) is 0. The molecule has 8 aromatic carbocycles. The number of para-hydroxylation sites is 2. The van der Waals surface area contributed by atoms with E-state index in [1.165, 1.54) is 16.7 Å². The Balaban J connectivity index is 1.02. The number of hydrogen-bond acceptors (Lipinski definition) is 5. The molecular formula is C71H70N4O2. The molecule has 4 heterocycles. The van der Waals surface area contributed by atoms with Crippen LogP contribution in [0.2, 0.25) is 0 Å². The lowest BCUT2D eigenvalue weighted by Crippen LogP contribution is -2.25. The third-order valence-electron chi connectivity index (χ3n) is 15.2. The van der Waals surface area contributed by atoms with Crippen LogP contribution < -0.4 is 14.5 Å². The number of benzene rings is 8. The van der Waals surface area contributed by atoms with Crippen molar-refractivity contribution in [1.82, 2.24) is 9.55 Å². The molecule has 0 N–H and O–H groups in total. The van der Waals surface area contributed by atoms with Crippen LogP contribution in [0.5, 0.6) is 11.5 Å². The maximum Gasteiger partial charge on any atom is 0.143 e. The Hall–Kier alpha value is -8.09. The highest BCUT2D eigenvalue weighted by molar-refractivity contribution is 6.13. The summed E-state index contributed by atoms with van der Waals surface area (Å²) in [6.45, 7) is 24.6. The molecule has 12 rings (SSSR count). The van der Waals surface area contributed by atoms with E-state index in [9.17, 15) is 1.37 Å². The van der Waals surface area contributed by atoms with E-state index in [0.29, 0.717) is 51.5 Å². The third-order valence-corrected chi connectivity index (χ3v) is 15.2. The highest BCUT2D eigenvalue weighted by Gasteiger charge is 2.32. The molecule has 0 atom stereocenters. The smallest absolute Gasteiger partial charge is 0.143 e. The van der Waals surface area contributed by atoms with Gasteiger partial charge in [-0.1, -0.05) is 168 Å². The van der Waals surface area contributed by atoms with Gasteiger partial charge in [-0.3, -0.25) is 4.57 Å². The van der Waals surface area contributed by atoms with Crippen molar-refractivity contribution in [2.75, 3.05) is 16.5 Å². The van der Waals surface area contributed by atoms with Gasteiger partial charge in [0, 0.05) is 66.5 Å². The Labute approximate surface area is 468 Å². The zero-order chi connectivity index (χ0) is 62.5. The van der Waals surface area contributed by atoms with Gasteiger partial charge in [-0.25, -0.2) is 4.98 Å². The fourth-order valence-corrected chi connectivity index (χ4v) is 10.6. The van der Waals surface area contributed by atoms with Gasteiger partial charge in [0.2, 0.25) is 0 Å². The second kappa shape index (κ2) is 18.0. The van der Waals surface area contributed by atoms with Crippen molar-refractivity contribution in [3.63, 3.8) is 0 Å². The van der Waals surface area contributed by atoms with E-state index in [0.717, 1.165) is 39.3 Å². The second-order valence-electron chi connectivity index (χ2n) is 24.7. The number of rotatable bonds is 7. The zero-order valence-electron chi connectivity index (χ0n) is 56.0. The molecule has 0 unspecified atom stereocenters. The summed E-state index contributed by atoms with van der Waals surface area (Å²) < 4.78 is 104. The molecule has 3 aromatic heterocycles. The summed E-state index contributed by atoms with van der Waals surface area (Å²) in [5.41, 5.74) is 11.5. The molecule has 0 amide bonds. The maximum atomic E-state index is 9.31. The fourth-order valence-electron chi connectivity index (χ4n) is 10.6. The molecule has 1 aliphatic heterocycles. The summed E-state index contributed by atoms with van der Waals surface area (Å²) in [5.74, 6) is 1.40. The predicted octanol–water partition coefficient (Wildman–Crippen LogP) is 20.0. The number of furan rings is 1. The van der Waals surface area contributed by atoms with E-state index < -0.39 is 37.1 Å². The van der Waals surface area contributed by atoms with Crippen LogP contribution in [0.1, 0.15) is 125 Å². The number of nitrogens with zero attached hydrogens (tertiary/aromatic N) is 4. The van der Waals surface area contributed by atoms with E-state index in [4.69, 9.17) is 26.5 Å². The molecule has 1 aliphatic rings. The lowest BCUT2D eigenvalue weighted by molar-refractivity contribution is 0.483. The van der Waals surface area contributed by atoms with Crippen LogP contribution in [-0.2, 0) is 21.7 Å². The molecule has 0 fully saturated rings. The summed E-state index contributed by atoms with van der Waals surface area (Å²) in [6, 6.07) is 39.6. The number of ether oxygens (including phenoxy) is 1. The third kappa shape index (κ3) is 9.01. The standard InChI is InChI=1S/C71H70N4O2/c1-44-33-66(72-42-60(44)45-19-16-20-47(34-45)68(2,3)4)75-61-31-27-46(55-24-18-25-58-57-23-14-15-26-65(57)77-67(55)58)35-59(61)56-30-29-54(41-63(56)75)76-53-22-17-21-51(40-53)73-43-74(62-32-28-48(39-64(62)73)69(5,6)7)52-37-49(70(8,9)10)36-50(38-52)71(11,12)13/h14-42H,43H2,1-13H3/i1D3,14D,15D,18D,23D,24D,25D,26D. The largest absolute Gasteiger partial charge is 0.457 e. The van der Waals surface area contributed by atoms with Gasteiger partial charge in [0.15, 0.2) is 0 Å². The van der Waals surface area contributed by atoms with Crippen molar-refractivity contribution in [2.45, 2.75) is 112 Å². The van der Waals surface area contributed by atoms with Gasteiger partial charge in [0.25, 0.3) is 0 Å². The molecule has 0 saturated carbocycles. The van der Waals surface area contributed by atoms with Crippen molar-refractivity contribution in [3.05, 3.63) is 204 Å². The Bertz CT molecular complexity index is 4630. The van der Waals surface area contributed by atoms with Crippen LogP contribution in [-0.4, -0.2) is 16.2 Å². The number of aryl methyl sites for hydroxylation is 1. The van der Waals surface area contributed by atoms with Crippen molar-refractivity contribution in [3.8, 4) is 39.6 Å². The lowest BCUT2D eigenvalue weighted by Gasteiger charge is -2.29. The first-order valence-electron chi connectivity index (χ1n) is 31.5. The van der Waals surface area contributed by atoms with Gasteiger partial charge in [-0.15, -0.1) is 0 Å². The van der Waals surface area contributed by atoms with Gasteiger partial charge in [0.1, 0.15) is 35.2 Å². The monoisotopic (exact) mass is 1020 g/mol. The summed E-state index contributed by atoms with van der Waals surface area (Å²) in [6.07, 6.45) is 1.62. The van der Waals surface area contributed by atoms with Crippen LogP contribution in [0.3, 0.4) is 0 Å². The predicted molar refractivity (Wildman–Crippen MR) is 325 cm³/mol. The molecule has 386 valence electrons. The zero-order valence-corrected chi connectivity index (χ0v) is 46.0. The molecule has 0 aliphatic carbocycles. The number of aromatic nitrogens is 2. The van der Waals surface area contributed by atoms with Gasteiger partial charge in [-0.2, -0.15) is 0 Å². The molecule has 0 saturated heterocycles. The minimum absolute atomic E-state index is 0.0108. The highest BCUT2D eigenvalue weighted by atomic mass is 16.5. The molecular weight excluding hydrogens is 941 g/mol. The van der Waals surface area contributed by atoms with Crippen LogP contribution in [0.4, 0.5) is 22.7 Å². The number of fused-ring (bicyclic) bond motifs is 7. The van der Waals surface area contributed by atoms with Gasteiger partial charge < -0.3 is 19.0 Å². The Morgan fingerprint density at radius 1 is 0.506 bits per heavy atom. The molecule has 6 nitrogen and oxygen atoms in total. The van der Waals surface area contributed by atoms with E-state index in [2.05, 4.69) is 141 Å². The normalized spacial score (nSPS) is 15.4. The molecule has 6 heteroatoms. The summed E-state index contributed by atoms with van der Waals surface area (Å²) in [5, 5.41) is 1.36. The Kier molecular flexibility index (Phi) is 9.20. The second-order valence-corrected chi connectivity index (χ2v) is 24.7. The summed E-state index contributed by atoms with van der Waals surface area (Å²) >= 11 is 0. The molecule has 0 radical (unpaired) electrons. The Morgan fingerprint density at radius 3 is 1.95 bits per heavy atom. The SMILES string of the molecule is [2H]c1c([2H])c([2H])c2c(oc3c(-c4ccc5c(c4)c4ccc(Oc6cccc(N7CN(c8cc(C(C)(C)C)cc(C(C)(C)C)c8)c8ccc(C(C)(C)C)cc87)c6)cc4n5-c4cc(C([2H])([2H])[2H])c(-c5cccc(C(C)(C)C)c5)cn4)c([2H])c([2H])c([2H])c32)c1[2H]. The average Bonchev–Trinajstić information content (AvgIpc) is 1.64. The van der Waals surface area contributed by atoms with Crippen molar-refractivity contribution in [2.24, 2.45) is 0 Å². The first kappa shape index (κ1) is 39.3. The average molecular weight is 1020 g/mol. The highest BCUT2D eigenvalue weighted by Crippen LogP contribution is 2.49. The lowest BCUT2D eigenvalue weighted by atomic mass is 9.80. The quantitative estimate of drug-likeness (QED) is 0.159. The Morgan fingerprint density at radius 2 is 1.19 bits per heavy atom. The fraction of sp³-hybridized carbons (Fsp3) is 0.254. The van der Waals surface area contributed by atoms with Gasteiger partial charge in [0.05, 0.1) is 32.0 Å². The maximum absolute atomic E-state index is 9.31. The molecule has 0 bridgehead atoms. The molecule has 0 spiro atoms. The first-order valence-corrected chi connectivity index (χ1v) is 26.5. The summed E-state index contributed by atoms with van der Waals surface area (Å²) in [7, 11) is 0. The van der Waals surface area contributed by atoms with E-state index in [1.807, 2.05) is 71.3 Å². The first-order chi connectivity index (χ1) is 40.7. The van der Waals surface area contributed by atoms with Gasteiger partial charge in [-0.05, 0) is 140 Å². The molecule has 77 heavy (non-hydrogen) atoms.